The number of hydrogen-bond acceptors (Lipinski definition) is 3. The summed E-state index contributed by atoms with van der Waals surface area (Å²) in [6, 6.07) is 6.13. The van der Waals surface area contributed by atoms with Crippen LogP contribution in [-0.4, -0.2) is 37.6 Å². The highest BCUT2D eigenvalue weighted by atomic mass is 16.5. The fraction of sp³-hybridized carbons (Fsp3) is 0.500. The van der Waals surface area contributed by atoms with Gasteiger partial charge in [0.2, 0.25) is 5.91 Å². The third-order valence-electron chi connectivity index (χ3n) is 2.88. The van der Waals surface area contributed by atoms with Gasteiger partial charge in [-0.25, -0.2) is 0 Å². The molecule has 0 aliphatic rings. The molecular weight excluding hydrogens is 228 g/mol. The molecule has 0 aromatic heterocycles. The number of nitrogens with two attached hydrogens (primary N) is 1. The van der Waals surface area contributed by atoms with Crippen LogP contribution in [0.2, 0.25) is 0 Å². The van der Waals surface area contributed by atoms with Crippen LogP contribution in [-0.2, 0) is 11.2 Å². The Labute approximate surface area is 109 Å². The molecule has 0 saturated heterocycles. The van der Waals surface area contributed by atoms with Crippen molar-refractivity contribution in [2.24, 2.45) is 5.73 Å². The summed E-state index contributed by atoms with van der Waals surface area (Å²) in [5, 5.41) is 0. The monoisotopic (exact) mass is 250 g/mol. The first-order valence-electron chi connectivity index (χ1n) is 6.24. The number of hydrogen-bond donors (Lipinski definition) is 1. The molecule has 100 valence electrons. The molecule has 0 fully saturated rings. The molecular formula is C14H22N2O2. The Kier molecular flexibility index (Phi) is 5.65. The van der Waals surface area contributed by atoms with Gasteiger partial charge >= 0.3 is 0 Å². The van der Waals surface area contributed by atoms with Gasteiger partial charge in [0.05, 0.1) is 13.2 Å². The number of amides is 1. The second-order valence-corrected chi connectivity index (χ2v) is 4.30. The van der Waals surface area contributed by atoms with Crippen LogP contribution in [0, 0.1) is 6.92 Å². The van der Waals surface area contributed by atoms with Crippen molar-refractivity contribution in [1.29, 1.82) is 0 Å². The second-order valence-electron chi connectivity index (χ2n) is 4.30. The lowest BCUT2D eigenvalue weighted by molar-refractivity contribution is -0.128. The van der Waals surface area contributed by atoms with E-state index >= 15 is 0 Å². The van der Waals surface area contributed by atoms with Crippen LogP contribution >= 0.6 is 0 Å². The number of carbonyl (C=O) groups is 1. The third kappa shape index (κ3) is 4.04. The van der Waals surface area contributed by atoms with Crippen LogP contribution in [0.5, 0.6) is 5.75 Å². The van der Waals surface area contributed by atoms with Crippen LogP contribution in [0.1, 0.15) is 18.1 Å². The zero-order chi connectivity index (χ0) is 13.5. The summed E-state index contributed by atoms with van der Waals surface area (Å²) in [5.41, 5.74) is 7.64. The Balaban J connectivity index is 2.58. The van der Waals surface area contributed by atoms with E-state index in [1.807, 2.05) is 26.0 Å². The lowest BCUT2D eigenvalue weighted by atomic mass is 10.1. The Hall–Kier alpha value is -1.55. The maximum absolute atomic E-state index is 11.3. The van der Waals surface area contributed by atoms with Gasteiger partial charge in [0.25, 0.3) is 0 Å². The van der Waals surface area contributed by atoms with Crippen molar-refractivity contribution in [2.75, 3.05) is 26.7 Å². The predicted molar refractivity (Wildman–Crippen MR) is 72.7 cm³/mol. The van der Waals surface area contributed by atoms with E-state index in [-0.39, 0.29) is 12.5 Å². The van der Waals surface area contributed by atoms with E-state index in [1.54, 1.807) is 11.9 Å². The quantitative estimate of drug-likeness (QED) is 0.829. The zero-order valence-electron chi connectivity index (χ0n) is 11.4. The summed E-state index contributed by atoms with van der Waals surface area (Å²) in [7, 11) is 1.77. The van der Waals surface area contributed by atoms with Crippen molar-refractivity contribution in [3.05, 3.63) is 29.3 Å². The molecule has 2 N–H and O–H groups in total. The molecule has 0 aliphatic heterocycles. The summed E-state index contributed by atoms with van der Waals surface area (Å²) in [5.74, 6) is 0.894. The van der Waals surface area contributed by atoms with Gasteiger partial charge in [-0.1, -0.05) is 12.1 Å². The van der Waals surface area contributed by atoms with Crippen molar-refractivity contribution >= 4 is 5.91 Å². The van der Waals surface area contributed by atoms with Gasteiger partial charge in [-0.3, -0.25) is 4.79 Å². The lowest BCUT2D eigenvalue weighted by Gasteiger charge is -2.16. The average molecular weight is 250 g/mol. The first-order chi connectivity index (χ1) is 8.58. The molecule has 1 aromatic rings. The van der Waals surface area contributed by atoms with E-state index in [0.29, 0.717) is 13.2 Å². The summed E-state index contributed by atoms with van der Waals surface area (Å²) < 4.78 is 5.49. The Morgan fingerprint density at radius 1 is 1.44 bits per heavy atom. The largest absolute Gasteiger partial charge is 0.494 e. The normalized spacial score (nSPS) is 10.2. The predicted octanol–water partition coefficient (Wildman–Crippen LogP) is 1.35. The topological polar surface area (TPSA) is 55.6 Å². The van der Waals surface area contributed by atoms with E-state index in [4.69, 9.17) is 10.5 Å². The fourth-order valence-corrected chi connectivity index (χ4v) is 1.76. The molecule has 18 heavy (non-hydrogen) atoms. The van der Waals surface area contributed by atoms with Crippen LogP contribution in [0.25, 0.3) is 0 Å². The second kappa shape index (κ2) is 7.01. The Bertz CT molecular complexity index is 405. The van der Waals surface area contributed by atoms with Crippen LogP contribution in [0.15, 0.2) is 18.2 Å². The van der Waals surface area contributed by atoms with Gasteiger partial charge < -0.3 is 15.4 Å². The van der Waals surface area contributed by atoms with Crippen molar-refractivity contribution in [3.63, 3.8) is 0 Å². The number of ether oxygens (including phenoxy) is 1. The molecule has 0 aliphatic carbocycles. The van der Waals surface area contributed by atoms with Gasteiger partial charge in [-0.15, -0.1) is 0 Å². The van der Waals surface area contributed by atoms with Crippen LogP contribution in [0.4, 0.5) is 0 Å². The smallest absolute Gasteiger partial charge is 0.236 e. The number of nitrogens with zero attached hydrogens (tertiary/aromatic N) is 1. The third-order valence-corrected chi connectivity index (χ3v) is 2.88. The minimum absolute atomic E-state index is 0.0299. The number of aryl methyl sites for hydroxylation is 1. The Morgan fingerprint density at radius 3 is 2.72 bits per heavy atom. The maximum Gasteiger partial charge on any atom is 0.236 e. The number of benzene rings is 1. The van der Waals surface area contributed by atoms with Crippen LogP contribution < -0.4 is 10.5 Å². The van der Waals surface area contributed by atoms with E-state index in [1.165, 1.54) is 5.56 Å². The van der Waals surface area contributed by atoms with Crippen molar-refractivity contribution in [2.45, 2.75) is 20.3 Å². The molecule has 0 saturated carbocycles. The summed E-state index contributed by atoms with van der Waals surface area (Å²) in [6.45, 7) is 5.43. The van der Waals surface area contributed by atoms with Gasteiger partial charge in [-0.05, 0) is 37.5 Å². The molecule has 0 atom stereocenters. The standard InChI is InChI=1S/C14H22N2O2/c1-4-18-13-6-5-12(9-11(13)2)7-8-16(3)14(17)10-15/h5-6,9H,4,7-8,10,15H2,1-3H3. The molecule has 1 amide bonds. The molecule has 0 spiro atoms. The highest BCUT2D eigenvalue weighted by Crippen LogP contribution is 2.19. The maximum atomic E-state index is 11.3. The van der Waals surface area contributed by atoms with E-state index in [0.717, 1.165) is 17.7 Å². The molecule has 1 aromatic carbocycles. The molecule has 0 unspecified atom stereocenters. The lowest BCUT2D eigenvalue weighted by Crippen LogP contribution is -2.34. The number of likely N-dealkylation sites (N-methyl/N-ethyl adjacent to an activating group) is 1. The summed E-state index contributed by atoms with van der Waals surface area (Å²) >= 11 is 0. The minimum Gasteiger partial charge on any atom is -0.494 e. The minimum atomic E-state index is -0.0299. The molecule has 0 radical (unpaired) electrons. The van der Waals surface area contributed by atoms with Gasteiger partial charge in [0, 0.05) is 13.6 Å². The Morgan fingerprint density at radius 2 is 2.17 bits per heavy atom. The fourth-order valence-electron chi connectivity index (χ4n) is 1.76. The highest BCUT2D eigenvalue weighted by Gasteiger charge is 2.06. The SMILES string of the molecule is CCOc1ccc(CCN(C)C(=O)CN)cc1C. The van der Waals surface area contributed by atoms with E-state index in [9.17, 15) is 4.79 Å². The van der Waals surface area contributed by atoms with Crippen molar-refractivity contribution in [3.8, 4) is 5.75 Å². The van der Waals surface area contributed by atoms with Gasteiger partial charge in [-0.2, -0.15) is 0 Å². The van der Waals surface area contributed by atoms with Gasteiger partial charge in [0.15, 0.2) is 0 Å². The molecule has 1 rings (SSSR count). The first kappa shape index (κ1) is 14.5. The first-order valence-corrected chi connectivity index (χ1v) is 6.24. The van der Waals surface area contributed by atoms with E-state index < -0.39 is 0 Å². The average Bonchev–Trinajstić information content (AvgIpc) is 2.38. The van der Waals surface area contributed by atoms with E-state index in [2.05, 4.69) is 6.07 Å². The summed E-state index contributed by atoms with van der Waals surface area (Å²) in [6.07, 6.45) is 0.829. The molecule has 4 heteroatoms. The summed E-state index contributed by atoms with van der Waals surface area (Å²) in [4.78, 5) is 13.0. The highest BCUT2D eigenvalue weighted by molar-refractivity contribution is 5.77. The van der Waals surface area contributed by atoms with Crippen LogP contribution in [0.3, 0.4) is 0 Å². The van der Waals surface area contributed by atoms with Crippen molar-refractivity contribution < 1.29 is 9.53 Å². The zero-order valence-corrected chi connectivity index (χ0v) is 11.4. The molecule has 0 bridgehead atoms. The molecule has 0 heterocycles. The molecule has 4 nitrogen and oxygen atoms in total. The van der Waals surface area contributed by atoms with Gasteiger partial charge in [0.1, 0.15) is 5.75 Å². The number of carbonyl (C=O) groups excluding carboxylic acids is 1. The number of rotatable bonds is 6. The van der Waals surface area contributed by atoms with Crippen molar-refractivity contribution in [1.82, 2.24) is 4.90 Å².